The van der Waals surface area contributed by atoms with Crippen LogP contribution in [0.3, 0.4) is 0 Å². The van der Waals surface area contributed by atoms with Crippen LogP contribution in [0.5, 0.6) is 0 Å². The Morgan fingerprint density at radius 2 is 1.89 bits per heavy atom. The van der Waals surface area contributed by atoms with Gasteiger partial charge < -0.3 is 20.7 Å². The van der Waals surface area contributed by atoms with E-state index in [1.54, 1.807) is 18.3 Å². The normalized spacial score (nSPS) is 16.9. The van der Waals surface area contributed by atoms with E-state index in [2.05, 4.69) is 20.9 Å². The lowest BCUT2D eigenvalue weighted by Crippen LogP contribution is -2.54. The number of carbonyl (C=O) groups excluding carboxylic acids is 3. The molecule has 1 aromatic rings. The molecule has 0 radical (unpaired) electrons. The van der Waals surface area contributed by atoms with E-state index < -0.39 is 18.0 Å². The van der Waals surface area contributed by atoms with Gasteiger partial charge in [-0.15, -0.1) is 0 Å². The van der Waals surface area contributed by atoms with Crippen molar-refractivity contribution in [2.24, 2.45) is 11.8 Å². The van der Waals surface area contributed by atoms with E-state index in [1.807, 2.05) is 13.8 Å². The molecule has 1 aliphatic rings. The summed E-state index contributed by atoms with van der Waals surface area (Å²) in [5, 5.41) is 8.42. The maximum Gasteiger partial charge on any atom is 0.247 e. The van der Waals surface area contributed by atoms with Gasteiger partial charge in [-0.1, -0.05) is 19.9 Å². The molecule has 3 N–H and O–H groups in total. The van der Waals surface area contributed by atoms with Gasteiger partial charge in [-0.3, -0.25) is 19.4 Å². The Labute approximate surface area is 165 Å². The number of ether oxygens (including phenoxy) is 1. The summed E-state index contributed by atoms with van der Waals surface area (Å²) in [7, 11) is 0. The minimum absolute atomic E-state index is 0.0169. The van der Waals surface area contributed by atoms with Gasteiger partial charge in [0, 0.05) is 44.6 Å². The highest BCUT2D eigenvalue weighted by Gasteiger charge is 2.33. The van der Waals surface area contributed by atoms with Crippen molar-refractivity contribution in [3.63, 3.8) is 0 Å². The third kappa shape index (κ3) is 6.60. The van der Waals surface area contributed by atoms with Gasteiger partial charge in [0.25, 0.3) is 0 Å². The SMILES string of the molecule is CC(=O)NC(C(=O)NC(C(=O)NCC(C)C)C1CCOCC1)c1cccnc1. The Balaban J connectivity index is 2.17. The molecule has 2 rings (SSSR count). The third-order valence-electron chi connectivity index (χ3n) is 4.63. The summed E-state index contributed by atoms with van der Waals surface area (Å²) in [6.45, 7) is 7.03. The molecule has 2 atom stereocenters. The van der Waals surface area contributed by atoms with Crippen LogP contribution in [0.25, 0.3) is 0 Å². The molecule has 1 saturated heterocycles. The van der Waals surface area contributed by atoms with Crippen molar-refractivity contribution in [3.05, 3.63) is 30.1 Å². The molecule has 1 aliphatic heterocycles. The van der Waals surface area contributed by atoms with Gasteiger partial charge in [0.1, 0.15) is 12.1 Å². The average Bonchev–Trinajstić information content (AvgIpc) is 2.69. The first-order chi connectivity index (χ1) is 13.4. The number of amides is 3. The Morgan fingerprint density at radius 1 is 1.18 bits per heavy atom. The minimum atomic E-state index is -0.911. The van der Waals surface area contributed by atoms with Crippen molar-refractivity contribution in [1.29, 1.82) is 0 Å². The standard InChI is InChI=1S/C20H30N4O4/c1-13(2)11-22-19(26)17(15-6-9-28-10-7-15)24-20(27)18(23-14(3)25)16-5-4-8-21-12-16/h4-5,8,12-13,15,17-18H,6-7,9-11H2,1-3H3,(H,22,26)(H,23,25)(H,24,27). The fourth-order valence-electron chi connectivity index (χ4n) is 3.15. The predicted octanol–water partition coefficient (Wildman–Crippen LogP) is 0.942. The summed E-state index contributed by atoms with van der Waals surface area (Å²) in [4.78, 5) is 41.5. The number of nitrogens with one attached hydrogen (secondary N) is 3. The van der Waals surface area contributed by atoms with E-state index in [1.165, 1.54) is 13.1 Å². The molecule has 0 spiro atoms. The second-order valence-corrected chi connectivity index (χ2v) is 7.49. The number of pyridine rings is 1. The second-order valence-electron chi connectivity index (χ2n) is 7.49. The van der Waals surface area contributed by atoms with Gasteiger partial charge in [0.15, 0.2) is 0 Å². The monoisotopic (exact) mass is 390 g/mol. The lowest BCUT2D eigenvalue weighted by molar-refractivity contribution is -0.133. The van der Waals surface area contributed by atoms with Gasteiger partial charge in [-0.05, 0) is 30.7 Å². The first-order valence-corrected chi connectivity index (χ1v) is 9.71. The van der Waals surface area contributed by atoms with Gasteiger partial charge in [0.2, 0.25) is 17.7 Å². The van der Waals surface area contributed by atoms with E-state index in [0.29, 0.717) is 44.1 Å². The summed E-state index contributed by atoms with van der Waals surface area (Å²) in [5.74, 6) is -0.689. The molecule has 1 fully saturated rings. The highest BCUT2D eigenvalue weighted by atomic mass is 16.5. The summed E-state index contributed by atoms with van der Waals surface area (Å²) >= 11 is 0. The van der Waals surface area contributed by atoms with Crippen LogP contribution in [0.15, 0.2) is 24.5 Å². The molecule has 28 heavy (non-hydrogen) atoms. The van der Waals surface area contributed by atoms with Crippen LogP contribution in [0, 0.1) is 11.8 Å². The number of hydrogen-bond acceptors (Lipinski definition) is 5. The molecule has 8 heteroatoms. The van der Waals surface area contributed by atoms with E-state index in [0.717, 1.165) is 0 Å². The number of aromatic nitrogens is 1. The summed E-state index contributed by atoms with van der Waals surface area (Å²) in [6.07, 6.45) is 4.51. The number of rotatable bonds is 8. The smallest absolute Gasteiger partial charge is 0.247 e. The molecule has 0 aliphatic carbocycles. The zero-order valence-corrected chi connectivity index (χ0v) is 16.7. The van der Waals surface area contributed by atoms with Crippen molar-refractivity contribution in [1.82, 2.24) is 20.9 Å². The summed E-state index contributed by atoms with van der Waals surface area (Å²) in [5.41, 5.74) is 0.559. The van der Waals surface area contributed by atoms with Gasteiger partial charge >= 0.3 is 0 Å². The maximum atomic E-state index is 13.0. The minimum Gasteiger partial charge on any atom is -0.381 e. The van der Waals surface area contributed by atoms with Gasteiger partial charge in [-0.2, -0.15) is 0 Å². The first-order valence-electron chi connectivity index (χ1n) is 9.71. The van der Waals surface area contributed by atoms with Crippen LogP contribution in [0.4, 0.5) is 0 Å². The largest absolute Gasteiger partial charge is 0.381 e. The summed E-state index contributed by atoms with van der Waals surface area (Å²) < 4.78 is 5.39. The van der Waals surface area contributed by atoms with Crippen LogP contribution < -0.4 is 16.0 Å². The fraction of sp³-hybridized carbons (Fsp3) is 0.600. The van der Waals surface area contributed by atoms with Crippen molar-refractivity contribution >= 4 is 17.7 Å². The number of carbonyl (C=O) groups is 3. The van der Waals surface area contributed by atoms with Crippen LogP contribution in [-0.2, 0) is 19.1 Å². The molecule has 0 saturated carbocycles. The molecule has 8 nitrogen and oxygen atoms in total. The van der Waals surface area contributed by atoms with Crippen molar-refractivity contribution in [2.75, 3.05) is 19.8 Å². The molecule has 1 aromatic heterocycles. The van der Waals surface area contributed by atoms with Crippen LogP contribution in [0.2, 0.25) is 0 Å². The van der Waals surface area contributed by atoms with E-state index >= 15 is 0 Å². The van der Waals surface area contributed by atoms with Gasteiger partial charge in [-0.25, -0.2) is 0 Å². The molecule has 0 bridgehead atoms. The lowest BCUT2D eigenvalue weighted by atomic mass is 9.90. The summed E-state index contributed by atoms with van der Waals surface area (Å²) in [6, 6.07) is 1.83. The zero-order chi connectivity index (χ0) is 20.5. The lowest BCUT2D eigenvalue weighted by Gasteiger charge is -2.31. The quantitative estimate of drug-likeness (QED) is 0.612. The Hall–Kier alpha value is -2.48. The first kappa shape index (κ1) is 21.8. The van der Waals surface area contributed by atoms with E-state index in [4.69, 9.17) is 4.74 Å². The highest BCUT2D eigenvalue weighted by molar-refractivity contribution is 5.92. The second kappa shape index (κ2) is 10.8. The Kier molecular flexibility index (Phi) is 8.38. The van der Waals surface area contributed by atoms with E-state index in [-0.39, 0.29) is 17.7 Å². The fourth-order valence-corrected chi connectivity index (χ4v) is 3.15. The average molecular weight is 390 g/mol. The number of nitrogens with zero attached hydrogens (tertiary/aromatic N) is 1. The molecular formula is C20H30N4O4. The van der Waals surface area contributed by atoms with Gasteiger partial charge in [0.05, 0.1) is 0 Å². The third-order valence-corrected chi connectivity index (χ3v) is 4.63. The molecule has 3 amide bonds. The highest BCUT2D eigenvalue weighted by Crippen LogP contribution is 2.21. The Morgan fingerprint density at radius 3 is 2.46 bits per heavy atom. The van der Waals surface area contributed by atoms with Crippen molar-refractivity contribution < 1.29 is 19.1 Å². The zero-order valence-electron chi connectivity index (χ0n) is 16.7. The predicted molar refractivity (Wildman–Crippen MR) is 104 cm³/mol. The van der Waals surface area contributed by atoms with Crippen LogP contribution in [0.1, 0.15) is 45.2 Å². The van der Waals surface area contributed by atoms with Crippen LogP contribution in [-0.4, -0.2) is 48.5 Å². The van der Waals surface area contributed by atoms with Crippen LogP contribution >= 0.6 is 0 Å². The number of hydrogen-bond donors (Lipinski definition) is 3. The van der Waals surface area contributed by atoms with Crippen molar-refractivity contribution in [2.45, 2.75) is 45.7 Å². The Bertz CT molecular complexity index is 659. The van der Waals surface area contributed by atoms with E-state index in [9.17, 15) is 14.4 Å². The van der Waals surface area contributed by atoms with Crippen molar-refractivity contribution in [3.8, 4) is 0 Å². The molecular weight excluding hydrogens is 360 g/mol. The topological polar surface area (TPSA) is 109 Å². The molecule has 0 aromatic carbocycles. The molecule has 154 valence electrons. The molecule has 2 heterocycles. The maximum absolute atomic E-state index is 13.0. The molecule has 2 unspecified atom stereocenters.